The van der Waals surface area contributed by atoms with Crippen LogP contribution in [0.4, 0.5) is 5.69 Å². The fourth-order valence-electron chi connectivity index (χ4n) is 2.79. The predicted molar refractivity (Wildman–Crippen MR) is 83.6 cm³/mol. The van der Waals surface area contributed by atoms with Gasteiger partial charge >= 0.3 is 0 Å². The minimum atomic E-state index is 0.486. The third-order valence-electron chi connectivity index (χ3n) is 3.98. The van der Waals surface area contributed by atoms with Crippen molar-refractivity contribution >= 4 is 16.6 Å². The smallest absolute Gasteiger partial charge is 0.0725 e. The monoisotopic (exact) mass is 256 g/mol. The van der Waals surface area contributed by atoms with Gasteiger partial charge in [-0.05, 0) is 31.9 Å². The summed E-state index contributed by atoms with van der Waals surface area (Å²) in [6, 6.07) is 11.0. The van der Waals surface area contributed by atoms with E-state index in [4.69, 9.17) is 0 Å². The molecule has 2 heteroatoms. The molecule has 0 spiro atoms. The standard InChI is InChI=1S/C17H24N2/c1-5-14(6-2)13(4)19-17-11-12(3)18-16-10-8-7-9-15(16)17/h7-11,13-14H,5-6H2,1-4H3,(H,18,19). The molecule has 1 atom stereocenters. The molecule has 1 unspecified atom stereocenters. The predicted octanol–water partition coefficient (Wildman–Crippen LogP) is 4.78. The van der Waals surface area contributed by atoms with Crippen molar-refractivity contribution in [1.29, 1.82) is 0 Å². The molecule has 0 aliphatic rings. The van der Waals surface area contributed by atoms with E-state index in [1.54, 1.807) is 0 Å². The van der Waals surface area contributed by atoms with Crippen LogP contribution in [0.25, 0.3) is 10.9 Å². The summed E-state index contributed by atoms with van der Waals surface area (Å²) in [7, 11) is 0. The number of aryl methyl sites for hydroxylation is 1. The van der Waals surface area contributed by atoms with Gasteiger partial charge in [0.25, 0.3) is 0 Å². The van der Waals surface area contributed by atoms with Crippen LogP contribution in [0.15, 0.2) is 30.3 Å². The van der Waals surface area contributed by atoms with Crippen LogP contribution in [0, 0.1) is 12.8 Å². The molecule has 2 nitrogen and oxygen atoms in total. The van der Waals surface area contributed by atoms with Crippen molar-refractivity contribution in [2.75, 3.05) is 5.32 Å². The number of pyridine rings is 1. The lowest BCUT2D eigenvalue weighted by atomic mass is 9.95. The molecule has 0 radical (unpaired) electrons. The summed E-state index contributed by atoms with van der Waals surface area (Å²) in [5.74, 6) is 0.715. The highest BCUT2D eigenvalue weighted by Gasteiger charge is 2.14. The molecule has 2 aromatic rings. The van der Waals surface area contributed by atoms with Crippen molar-refractivity contribution in [3.05, 3.63) is 36.0 Å². The number of rotatable bonds is 5. The molecule has 0 aliphatic heterocycles. The molecule has 0 aliphatic carbocycles. The molecule has 1 aromatic carbocycles. The molecular weight excluding hydrogens is 232 g/mol. The number of anilines is 1. The first-order chi connectivity index (χ1) is 9.15. The summed E-state index contributed by atoms with van der Waals surface area (Å²) >= 11 is 0. The van der Waals surface area contributed by atoms with Crippen molar-refractivity contribution < 1.29 is 0 Å². The van der Waals surface area contributed by atoms with E-state index in [1.165, 1.54) is 23.9 Å². The minimum Gasteiger partial charge on any atom is -0.382 e. The van der Waals surface area contributed by atoms with Crippen LogP contribution in [0.1, 0.15) is 39.3 Å². The zero-order valence-corrected chi connectivity index (χ0v) is 12.4. The number of fused-ring (bicyclic) bond motifs is 1. The van der Waals surface area contributed by atoms with Gasteiger partial charge < -0.3 is 5.32 Å². The van der Waals surface area contributed by atoms with Gasteiger partial charge in [-0.3, -0.25) is 4.98 Å². The summed E-state index contributed by atoms with van der Waals surface area (Å²) in [4.78, 5) is 4.59. The van der Waals surface area contributed by atoms with E-state index in [0.29, 0.717) is 12.0 Å². The summed E-state index contributed by atoms with van der Waals surface area (Å²) in [5, 5.41) is 4.90. The lowest BCUT2D eigenvalue weighted by molar-refractivity contribution is 0.438. The van der Waals surface area contributed by atoms with E-state index in [-0.39, 0.29) is 0 Å². The number of nitrogens with zero attached hydrogens (tertiary/aromatic N) is 1. The number of hydrogen-bond acceptors (Lipinski definition) is 2. The van der Waals surface area contributed by atoms with Gasteiger partial charge in [-0.1, -0.05) is 44.9 Å². The largest absolute Gasteiger partial charge is 0.382 e. The van der Waals surface area contributed by atoms with Crippen molar-refractivity contribution in [1.82, 2.24) is 4.98 Å². The van der Waals surface area contributed by atoms with Gasteiger partial charge in [-0.25, -0.2) is 0 Å². The summed E-state index contributed by atoms with van der Waals surface area (Å²) in [6.45, 7) is 8.87. The van der Waals surface area contributed by atoms with E-state index in [9.17, 15) is 0 Å². The zero-order chi connectivity index (χ0) is 13.8. The van der Waals surface area contributed by atoms with Gasteiger partial charge in [0.2, 0.25) is 0 Å². The van der Waals surface area contributed by atoms with E-state index < -0.39 is 0 Å². The summed E-state index contributed by atoms with van der Waals surface area (Å²) in [6.07, 6.45) is 2.43. The van der Waals surface area contributed by atoms with Crippen molar-refractivity contribution in [3.8, 4) is 0 Å². The third-order valence-corrected chi connectivity index (χ3v) is 3.98. The van der Waals surface area contributed by atoms with Crippen LogP contribution in [-0.2, 0) is 0 Å². The Kier molecular flexibility index (Phi) is 4.41. The molecule has 0 amide bonds. The molecule has 19 heavy (non-hydrogen) atoms. The molecular formula is C17H24N2. The van der Waals surface area contributed by atoms with Crippen LogP contribution < -0.4 is 5.32 Å². The third kappa shape index (κ3) is 3.06. The Hall–Kier alpha value is -1.57. The van der Waals surface area contributed by atoms with Crippen LogP contribution in [0.3, 0.4) is 0 Å². The fraction of sp³-hybridized carbons (Fsp3) is 0.471. The molecule has 1 aromatic heterocycles. The van der Waals surface area contributed by atoms with Gasteiger partial charge in [-0.15, -0.1) is 0 Å². The molecule has 1 heterocycles. The van der Waals surface area contributed by atoms with E-state index in [0.717, 1.165) is 11.2 Å². The Morgan fingerprint density at radius 3 is 2.53 bits per heavy atom. The highest BCUT2D eigenvalue weighted by molar-refractivity contribution is 5.91. The van der Waals surface area contributed by atoms with Crippen molar-refractivity contribution in [2.45, 2.75) is 46.6 Å². The lowest BCUT2D eigenvalue weighted by Crippen LogP contribution is -2.25. The normalized spacial score (nSPS) is 12.9. The molecule has 0 bridgehead atoms. The molecule has 2 rings (SSSR count). The molecule has 1 N–H and O–H groups in total. The number of hydrogen-bond donors (Lipinski definition) is 1. The van der Waals surface area contributed by atoms with Crippen molar-refractivity contribution in [3.63, 3.8) is 0 Å². The lowest BCUT2D eigenvalue weighted by Gasteiger charge is -2.24. The number of benzene rings is 1. The van der Waals surface area contributed by atoms with Gasteiger partial charge in [0.05, 0.1) is 5.52 Å². The van der Waals surface area contributed by atoms with Gasteiger partial charge in [0, 0.05) is 22.8 Å². The average molecular weight is 256 g/mol. The van der Waals surface area contributed by atoms with E-state index in [1.807, 2.05) is 6.07 Å². The maximum absolute atomic E-state index is 4.59. The Labute approximate surface area is 116 Å². The number of para-hydroxylation sites is 1. The molecule has 0 fully saturated rings. The highest BCUT2D eigenvalue weighted by Crippen LogP contribution is 2.25. The van der Waals surface area contributed by atoms with Crippen LogP contribution in [-0.4, -0.2) is 11.0 Å². The van der Waals surface area contributed by atoms with E-state index in [2.05, 4.69) is 62.3 Å². The SMILES string of the molecule is CCC(CC)C(C)Nc1cc(C)nc2ccccc12. The van der Waals surface area contributed by atoms with Gasteiger partial charge in [-0.2, -0.15) is 0 Å². The second kappa shape index (κ2) is 6.05. The minimum absolute atomic E-state index is 0.486. The Morgan fingerprint density at radius 2 is 1.84 bits per heavy atom. The molecule has 102 valence electrons. The number of aromatic nitrogens is 1. The van der Waals surface area contributed by atoms with Gasteiger partial charge in [0.1, 0.15) is 0 Å². The van der Waals surface area contributed by atoms with Crippen LogP contribution >= 0.6 is 0 Å². The van der Waals surface area contributed by atoms with Crippen molar-refractivity contribution in [2.24, 2.45) is 5.92 Å². The maximum Gasteiger partial charge on any atom is 0.0725 e. The van der Waals surface area contributed by atoms with Gasteiger partial charge in [0.15, 0.2) is 0 Å². The second-order valence-corrected chi connectivity index (χ2v) is 5.34. The first kappa shape index (κ1) is 13.9. The average Bonchev–Trinajstić information content (AvgIpc) is 2.40. The topological polar surface area (TPSA) is 24.9 Å². The highest BCUT2D eigenvalue weighted by atomic mass is 14.9. The number of nitrogens with one attached hydrogen (secondary N) is 1. The Morgan fingerprint density at radius 1 is 1.16 bits per heavy atom. The fourth-order valence-corrected chi connectivity index (χ4v) is 2.79. The second-order valence-electron chi connectivity index (χ2n) is 5.34. The zero-order valence-electron chi connectivity index (χ0n) is 12.4. The maximum atomic E-state index is 4.59. The first-order valence-corrected chi connectivity index (χ1v) is 7.28. The quantitative estimate of drug-likeness (QED) is 0.832. The van der Waals surface area contributed by atoms with Crippen LogP contribution in [0.2, 0.25) is 0 Å². The van der Waals surface area contributed by atoms with E-state index >= 15 is 0 Å². The molecule has 0 saturated carbocycles. The Balaban J connectivity index is 2.34. The summed E-state index contributed by atoms with van der Waals surface area (Å²) < 4.78 is 0. The van der Waals surface area contributed by atoms with Crippen LogP contribution in [0.5, 0.6) is 0 Å². The summed E-state index contributed by atoms with van der Waals surface area (Å²) in [5.41, 5.74) is 3.35. The Bertz CT molecular complexity index is 544. The molecule has 0 saturated heterocycles. The first-order valence-electron chi connectivity index (χ1n) is 7.28.